The third-order valence-corrected chi connectivity index (χ3v) is 4.45. The van der Waals surface area contributed by atoms with Gasteiger partial charge in [0.1, 0.15) is 5.82 Å². The van der Waals surface area contributed by atoms with E-state index in [4.69, 9.17) is 0 Å². The van der Waals surface area contributed by atoms with Crippen LogP contribution in [0.2, 0.25) is 0 Å². The van der Waals surface area contributed by atoms with Crippen molar-refractivity contribution in [1.82, 2.24) is 19.5 Å². The maximum absolute atomic E-state index is 13.1. The largest absolute Gasteiger partial charge is 0.350 e. The Morgan fingerprint density at radius 3 is 3.15 bits per heavy atom. The Morgan fingerprint density at radius 1 is 1.25 bits per heavy atom. The van der Waals surface area contributed by atoms with E-state index >= 15 is 0 Å². The predicted molar refractivity (Wildman–Crippen MR) is 74.2 cm³/mol. The highest BCUT2D eigenvalue weighted by atomic mass is 19.1. The molecule has 0 aliphatic carbocycles. The lowest BCUT2D eigenvalue weighted by Crippen LogP contribution is -2.42. The first-order valence-corrected chi connectivity index (χ1v) is 7.30. The Balaban J connectivity index is 1.49. The number of piperidine rings is 1. The summed E-state index contributed by atoms with van der Waals surface area (Å²) in [6.07, 6.45) is 6.27. The minimum atomic E-state index is -0.298. The normalized spacial score (nSPS) is 26.9. The third kappa shape index (κ3) is 2.14. The van der Waals surface area contributed by atoms with Crippen LogP contribution in [0.25, 0.3) is 5.65 Å². The number of pyridine rings is 1. The number of nitrogens with one attached hydrogen (secondary N) is 1. The molecule has 2 aromatic rings. The highest BCUT2D eigenvalue weighted by Crippen LogP contribution is 2.28. The number of hydrogen-bond donors (Lipinski definition) is 1. The van der Waals surface area contributed by atoms with E-state index in [9.17, 15) is 4.39 Å². The van der Waals surface area contributed by atoms with Crippen molar-refractivity contribution in [2.75, 3.05) is 18.4 Å². The molecule has 2 aliphatic heterocycles. The molecule has 4 rings (SSSR count). The molecule has 2 saturated heterocycles. The fourth-order valence-corrected chi connectivity index (χ4v) is 3.46. The van der Waals surface area contributed by atoms with Crippen molar-refractivity contribution in [2.45, 2.75) is 37.8 Å². The molecule has 0 saturated carbocycles. The Morgan fingerprint density at radius 2 is 2.20 bits per heavy atom. The average molecular weight is 275 g/mol. The van der Waals surface area contributed by atoms with Gasteiger partial charge >= 0.3 is 0 Å². The minimum Gasteiger partial charge on any atom is -0.350 e. The van der Waals surface area contributed by atoms with Gasteiger partial charge in [-0.05, 0) is 44.4 Å². The van der Waals surface area contributed by atoms with Crippen molar-refractivity contribution in [3.8, 4) is 0 Å². The van der Waals surface area contributed by atoms with Crippen LogP contribution in [0.15, 0.2) is 18.3 Å². The van der Waals surface area contributed by atoms with Crippen LogP contribution in [0.3, 0.4) is 0 Å². The molecule has 2 fully saturated rings. The fraction of sp³-hybridized carbons (Fsp3) is 0.571. The van der Waals surface area contributed by atoms with Gasteiger partial charge in [0, 0.05) is 18.6 Å². The molecule has 2 unspecified atom stereocenters. The molecule has 2 aromatic heterocycles. The second-order valence-corrected chi connectivity index (χ2v) is 5.78. The van der Waals surface area contributed by atoms with Crippen LogP contribution in [0.5, 0.6) is 0 Å². The van der Waals surface area contributed by atoms with E-state index in [1.165, 1.54) is 36.2 Å². The van der Waals surface area contributed by atoms with Crippen LogP contribution in [0.4, 0.5) is 10.3 Å². The van der Waals surface area contributed by atoms with Gasteiger partial charge in [-0.3, -0.25) is 0 Å². The summed E-state index contributed by atoms with van der Waals surface area (Å²) in [6.45, 7) is 2.41. The van der Waals surface area contributed by atoms with Crippen molar-refractivity contribution in [2.24, 2.45) is 0 Å². The molecule has 1 N–H and O–H groups in total. The van der Waals surface area contributed by atoms with E-state index in [0.717, 1.165) is 25.4 Å². The molecule has 2 atom stereocenters. The summed E-state index contributed by atoms with van der Waals surface area (Å²) < 4.78 is 14.6. The number of fused-ring (bicyclic) bond motifs is 2. The molecule has 0 spiro atoms. The van der Waals surface area contributed by atoms with Gasteiger partial charge in [0.15, 0.2) is 5.65 Å². The topological polar surface area (TPSA) is 45.5 Å². The summed E-state index contributed by atoms with van der Waals surface area (Å²) in [4.78, 5) is 6.98. The van der Waals surface area contributed by atoms with Crippen molar-refractivity contribution < 1.29 is 4.39 Å². The Hall–Kier alpha value is -1.69. The highest BCUT2D eigenvalue weighted by Gasteiger charge is 2.31. The lowest BCUT2D eigenvalue weighted by atomic mass is 9.98. The summed E-state index contributed by atoms with van der Waals surface area (Å²) in [5, 5.41) is 7.70. The first kappa shape index (κ1) is 12.1. The minimum absolute atomic E-state index is 0.298. The molecule has 0 radical (unpaired) electrons. The third-order valence-electron chi connectivity index (χ3n) is 4.45. The van der Waals surface area contributed by atoms with Crippen molar-refractivity contribution in [1.29, 1.82) is 0 Å². The molecule has 106 valence electrons. The van der Waals surface area contributed by atoms with Gasteiger partial charge in [0.05, 0.1) is 6.20 Å². The van der Waals surface area contributed by atoms with Crippen LogP contribution >= 0.6 is 0 Å². The molecule has 0 aromatic carbocycles. The summed E-state index contributed by atoms with van der Waals surface area (Å²) in [5.74, 6) is 0.306. The first-order chi connectivity index (χ1) is 9.78. The molecule has 2 aliphatic rings. The second-order valence-electron chi connectivity index (χ2n) is 5.78. The highest BCUT2D eigenvalue weighted by molar-refractivity contribution is 5.43. The van der Waals surface area contributed by atoms with Crippen LogP contribution < -0.4 is 5.32 Å². The Kier molecular flexibility index (Phi) is 2.84. The molecule has 0 amide bonds. The van der Waals surface area contributed by atoms with E-state index in [1.54, 1.807) is 6.07 Å². The van der Waals surface area contributed by atoms with Gasteiger partial charge in [-0.2, -0.15) is 4.98 Å². The fourth-order valence-electron chi connectivity index (χ4n) is 3.46. The Labute approximate surface area is 116 Å². The van der Waals surface area contributed by atoms with Crippen LogP contribution in [0, 0.1) is 5.82 Å². The molecule has 6 heteroatoms. The van der Waals surface area contributed by atoms with Crippen molar-refractivity contribution >= 4 is 11.6 Å². The smallest absolute Gasteiger partial charge is 0.243 e. The van der Waals surface area contributed by atoms with Gasteiger partial charge in [-0.25, -0.2) is 8.91 Å². The van der Waals surface area contributed by atoms with Gasteiger partial charge < -0.3 is 10.2 Å². The quantitative estimate of drug-likeness (QED) is 0.909. The van der Waals surface area contributed by atoms with Crippen molar-refractivity contribution in [3.05, 3.63) is 24.1 Å². The number of hydrogen-bond acceptors (Lipinski definition) is 4. The summed E-state index contributed by atoms with van der Waals surface area (Å²) in [5.41, 5.74) is 0.673. The van der Waals surface area contributed by atoms with Gasteiger partial charge in [0.25, 0.3) is 0 Å². The average Bonchev–Trinajstić information content (AvgIpc) is 3.03. The molecule has 5 nitrogen and oxygen atoms in total. The lowest BCUT2D eigenvalue weighted by Gasteiger charge is -2.34. The van der Waals surface area contributed by atoms with Gasteiger partial charge in [-0.15, -0.1) is 5.10 Å². The van der Waals surface area contributed by atoms with E-state index in [1.807, 2.05) is 0 Å². The zero-order valence-corrected chi connectivity index (χ0v) is 11.3. The summed E-state index contributed by atoms with van der Waals surface area (Å²) in [6, 6.07) is 4.20. The first-order valence-electron chi connectivity index (χ1n) is 7.30. The predicted octanol–water partition coefficient (Wildman–Crippen LogP) is 1.91. The van der Waals surface area contributed by atoms with E-state index in [-0.39, 0.29) is 5.82 Å². The number of nitrogens with zero attached hydrogens (tertiary/aromatic N) is 4. The van der Waals surface area contributed by atoms with Crippen LogP contribution in [-0.4, -0.2) is 44.7 Å². The number of halogens is 1. The number of aromatic nitrogens is 3. The lowest BCUT2D eigenvalue weighted by molar-refractivity contribution is 0.188. The van der Waals surface area contributed by atoms with E-state index in [2.05, 4.69) is 20.3 Å². The molecular formula is C14H18FN5. The van der Waals surface area contributed by atoms with Crippen LogP contribution in [0.1, 0.15) is 25.7 Å². The second kappa shape index (κ2) is 4.70. The van der Waals surface area contributed by atoms with Gasteiger partial charge in [-0.1, -0.05) is 0 Å². The zero-order chi connectivity index (χ0) is 13.5. The number of anilines is 1. The van der Waals surface area contributed by atoms with E-state index in [0.29, 0.717) is 17.6 Å². The standard InChI is InChI=1S/C14H18FN5/c15-10-3-4-13-17-14(18-20(13)9-10)16-11-5-7-19-6-1-2-12(19)8-11/h3-4,9,11-12H,1-2,5-8H2,(H,16,18). The zero-order valence-electron chi connectivity index (χ0n) is 11.3. The SMILES string of the molecule is Fc1ccc2nc(NC3CCN4CCCC4C3)nn2c1. The summed E-state index contributed by atoms with van der Waals surface area (Å²) in [7, 11) is 0. The summed E-state index contributed by atoms with van der Waals surface area (Å²) >= 11 is 0. The number of rotatable bonds is 2. The van der Waals surface area contributed by atoms with Crippen molar-refractivity contribution in [3.63, 3.8) is 0 Å². The maximum Gasteiger partial charge on any atom is 0.243 e. The van der Waals surface area contributed by atoms with Gasteiger partial charge in [0.2, 0.25) is 5.95 Å². The molecular weight excluding hydrogens is 257 g/mol. The Bertz CT molecular complexity index is 625. The maximum atomic E-state index is 13.1. The molecule has 20 heavy (non-hydrogen) atoms. The van der Waals surface area contributed by atoms with E-state index < -0.39 is 0 Å². The molecule has 0 bridgehead atoms. The van der Waals surface area contributed by atoms with Crippen LogP contribution in [-0.2, 0) is 0 Å². The molecule has 4 heterocycles. The monoisotopic (exact) mass is 275 g/mol.